The van der Waals surface area contributed by atoms with Crippen LogP contribution >= 0.6 is 0 Å². The van der Waals surface area contributed by atoms with Crippen molar-refractivity contribution in [1.29, 1.82) is 0 Å². The molecule has 0 aromatic heterocycles. The van der Waals surface area contributed by atoms with E-state index in [1.165, 1.54) is 58.5 Å². The van der Waals surface area contributed by atoms with Gasteiger partial charge in [0, 0.05) is 0 Å². The van der Waals surface area contributed by atoms with E-state index in [0.717, 1.165) is 36.5 Å². The number of esters is 1. The van der Waals surface area contributed by atoms with Gasteiger partial charge in [-0.15, -0.1) is 0 Å². The molecular formula is C19H34O2. The molecule has 0 spiro atoms. The van der Waals surface area contributed by atoms with Gasteiger partial charge in [-0.05, 0) is 75.0 Å². The molecule has 0 N–H and O–H groups in total. The topological polar surface area (TPSA) is 26.3 Å². The molecule has 122 valence electrons. The lowest BCUT2D eigenvalue weighted by Crippen LogP contribution is -2.29. The van der Waals surface area contributed by atoms with Crippen molar-refractivity contribution >= 4 is 5.97 Å². The Kier molecular flexibility index (Phi) is 6.57. The lowest BCUT2D eigenvalue weighted by molar-refractivity contribution is -0.147. The Labute approximate surface area is 131 Å². The molecular weight excluding hydrogens is 260 g/mol. The molecule has 2 rings (SSSR count). The van der Waals surface area contributed by atoms with Crippen LogP contribution in [0.4, 0.5) is 0 Å². The summed E-state index contributed by atoms with van der Waals surface area (Å²) in [6.45, 7) is 4.76. The van der Waals surface area contributed by atoms with Gasteiger partial charge in [-0.1, -0.05) is 26.7 Å². The standard InChI is InChI=1S/C19H34O2/c1-4-5-14(2)15-6-8-16(9-7-15)17-10-12-18(13-11-17)19(20)21-3/h14-18H,4-13H2,1-3H3. The van der Waals surface area contributed by atoms with Crippen molar-refractivity contribution in [3.05, 3.63) is 0 Å². The predicted molar refractivity (Wildman–Crippen MR) is 87.0 cm³/mol. The third kappa shape index (κ3) is 4.47. The van der Waals surface area contributed by atoms with Crippen molar-refractivity contribution in [1.82, 2.24) is 0 Å². The van der Waals surface area contributed by atoms with E-state index in [4.69, 9.17) is 4.74 Å². The fourth-order valence-electron chi connectivity index (χ4n) is 4.87. The highest BCUT2D eigenvalue weighted by Crippen LogP contribution is 2.43. The number of carbonyl (C=O) groups is 1. The largest absolute Gasteiger partial charge is 0.469 e. The van der Waals surface area contributed by atoms with Crippen LogP contribution in [0.5, 0.6) is 0 Å². The third-order valence-corrected chi connectivity index (χ3v) is 6.34. The van der Waals surface area contributed by atoms with E-state index in [2.05, 4.69) is 13.8 Å². The molecule has 0 aromatic rings. The number of carbonyl (C=O) groups excluding carboxylic acids is 1. The highest BCUT2D eigenvalue weighted by molar-refractivity contribution is 5.72. The molecule has 0 radical (unpaired) electrons. The predicted octanol–water partition coefficient (Wildman–Crippen LogP) is 5.21. The molecule has 0 amide bonds. The van der Waals surface area contributed by atoms with Crippen molar-refractivity contribution < 1.29 is 9.53 Å². The first-order chi connectivity index (χ1) is 10.2. The Morgan fingerprint density at radius 1 is 1.00 bits per heavy atom. The second-order valence-corrected chi connectivity index (χ2v) is 7.58. The maximum atomic E-state index is 11.6. The quantitative estimate of drug-likeness (QED) is 0.651. The molecule has 2 heteroatoms. The lowest BCUT2D eigenvalue weighted by Gasteiger charge is -2.38. The normalized spacial score (nSPS) is 35.2. The summed E-state index contributed by atoms with van der Waals surface area (Å²) in [5, 5.41) is 0. The van der Waals surface area contributed by atoms with Gasteiger partial charge in [0.1, 0.15) is 0 Å². The molecule has 0 saturated heterocycles. The summed E-state index contributed by atoms with van der Waals surface area (Å²) in [6, 6.07) is 0. The molecule has 2 saturated carbocycles. The first-order valence-electron chi connectivity index (χ1n) is 9.23. The van der Waals surface area contributed by atoms with Crippen LogP contribution in [-0.4, -0.2) is 13.1 Å². The number of hydrogen-bond acceptors (Lipinski definition) is 2. The fraction of sp³-hybridized carbons (Fsp3) is 0.947. The van der Waals surface area contributed by atoms with Gasteiger partial charge in [0.25, 0.3) is 0 Å². The van der Waals surface area contributed by atoms with Gasteiger partial charge in [0.2, 0.25) is 0 Å². The van der Waals surface area contributed by atoms with E-state index in [9.17, 15) is 4.79 Å². The van der Waals surface area contributed by atoms with Gasteiger partial charge >= 0.3 is 5.97 Å². The van der Waals surface area contributed by atoms with Crippen molar-refractivity contribution in [2.24, 2.45) is 29.6 Å². The molecule has 2 fully saturated rings. The van der Waals surface area contributed by atoms with Gasteiger partial charge < -0.3 is 4.74 Å². The summed E-state index contributed by atoms with van der Waals surface area (Å²) in [5.41, 5.74) is 0. The van der Waals surface area contributed by atoms with Crippen LogP contribution in [0.25, 0.3) is 0 Å². The Balaban J connectivity index is 1.73. The van der Waals surface area contributed by atoms with Crippen molar-refractivity contribution in [2.45, 2.75) is 78.1 Å². The first-order valence-corrected chi connectivity index (χ1v) is 9.23. The third-order valence-electron chi connectivity index (χ3n) is 6.34. The number of rotatable bonds is 5. The number of ether oxygens (including phenoxy) is 1. The van der Waals surface area contributed by atoms with Crippen molar-refractivity contribution in [3.8, 4) is 0 Å². The van der Waals surface area contributed by atoms with Crippen LogP contribution in [0.15, 0.2) is 0 Å². The van der Waals surface area contributed by atoms with Crippen LogP contribution in [0.1, 0.15) is 78.1 Å². The summed E-state index contributed by atoms with van der Waals surface area (Å²) in [7, 11) is 1.52. The molecule has 1 unspecified atom stereocenters. The summed E-state index contributed by atoms with van der Waals surface area (Å²) < 4.78 is 4.89. The van der Waals surface area contributed by atoms with E-state index >= 15 is 0 Å². The van der Waals surface area contributed by atoms with Crippen molar-refractivity contribution in [2.75, 3.05) is 7.11 Å². The minimum atomic E-state index is 0.0190. The molecule has 2 nitrogen and oxygen atoms in total. The van der Waals surface area contributed by atoms with E-state index < -0.39 is 0 Å². The van der Waals surface area contributed by atoms with Gasteiger partial charge in [0.15, 0.2) is 0 Å². The van der Waals surface area contributed by atoms with Crippen molar-refractivity contribution in [3.63, 3.8) is 0 Å². The molecule has 0 aromatic carbocycles. The van der Waals surface area contributed by atoms with E-state index in [-0.39, 0.29) is 11.9 Å². The van der Waals surface area contributed by atoms with Crippen LogP contribution in [0.2, 0.25) is 0 Å². The van der Waals surface area contributed by atoms with Crippen LogP contribution in [0.3, 0.4) is 0 Å². The molecule has 0 heterocycles. The summed E-state index contributed by atoms with van der Waals surface area (Å²) in [5.74, 6) is 3.93. The van der Waals surface area contributed by atoms with Gasteiger partial charge in [0.05, 0.1) is 13.0 Å². The van der Waals surface area contributed by atoms with Crippen LogP contribution in [0, 0.1) is 29.6 Å². The van der Waals surface area contributed by atoms with E-state index in [1.54, 1.807) is 0 Å². The Morgan fingerprint density at radius 3 is 2.00 bits per heavy atom. The average molecular weight is 294 g/mol. The molecule has 0 aliphatic heterocycles. The number of hydrogen-bond donors (Lipinski definition) is 0. The summed E-state index contributed by atoms with van der Waals surface area (Å²) in [4.78, 5) is 11.6. The molecule has 1 atom stereocenters. The highest BCUT2D eigenvalue weighted by atomic mass is 16.5. The monoisotopic (exact) mass is 294 g/mol. The minimum absolute atomic E-state index is 0.0190. The van der Waals surface area contributed by atoms with Gasteiger partial charge in [-0.3, -0.25) is 4.79 Å². The van der Waals surface area contributed by atoms with Gasteiger partial charge in [-0.25, -0.2) is 0 Å². The maximum Gasteiger partial charge on any atom is 0.308 e. The summed E-state index contributed by atoms with van der Waals surface area (Å²) >= 11 is 0. The van der Waals surface area contributed by atoms with Crippen LogP contribution < -0.4 is 0 Å². The Hall–Kier alpha value is -0.530. The smallest absolute Gasteiger partial charge is 0.308 e. The second-order valence-electron chi connectivity index (χ2n) is 7.58. The minimum Gasteiger partial charge on any atom is -0.469 e. The summed E-state index contributed by atoms with van der Waals surface area (Å²) in [6.07, 6.45) is 13.1. The van der Waals surface area contributed by atoms with E-state index in [1.807, 2.05) is 0 Å². The SMILES string of the molecule is CCCC(C)C1CCC(C2CCC(C(=O)OC)CC2)CC1. The molecule has 21 heavy (non-hydrogen) atoms. The fourth-order valence-corrected chi connectivity index (χ4v) is 4.87. The molecule has 2 aliphatic carbocycles. The highest BCUT2D eigenvalue weighted by Gasteiger charge is 2.33. The van der Waals surface area contributed by atoms with Gasteiger partial charge in [-0.2, -0.15) is 0 Å². The Bertz CT molecular complexity index is 310. The van der Waals surface area contributed by atoms with E-state index in [0.29, 0.717) is 0 Å². The zero-order valence-corrected chi connectivity index (χ0v) is 14.3. The zero-order chi connectivity index (χ0) is 15.2. The Morgan fingerprint density at radius 2 is 1.52 bits per heavy atom. The molecule has 0 bridgehead atoms. The van der Waals surface area contributed by atoms with Crippen LogP contribution in [-0.2, 0) is 9.53 Å². The lowest BCUT2D eigenvalue weighted by atomic mass is 9.67. The zero-order valence-electron chi connectivity index (χ0n) is 14.3. The molecule has 2 aliphatic rings. The maximum absolute atomic E-state index is 11.6. The second kappa shape index (κ2) is 8.19. The number of methoxy groups -OCH3 is 1. The first kappa shape index (κ1) is 16.8. The average Bonchev–Trinajstić information content (AvgIpc) is 2.54.